The number of carbonyl (C=O) groups is 3. The maximum Gasteiger partial charge on any atom is 0.311 e. The molecule has 3 saturated heterocycles. The molecule has 0 aliphatic carbocycles. The molecule has 0 aromatic heterocycles. The first-order chi connectivity index (χ1) is 20.3. The molecule has 8 heteroatoms. The van der Waals surface area contributed by atoms with Gasteiger partial charge >= 0.3 is 5.97 Å². The third-order valence-electron chi connectivity index (χ3n) is 9.36. The minimum Gasteiger partial charge on any atom is -0.465 e. The monoisotopic (exact) mass is 596 g/mol. The van der Waals surface area contributed by atoms with E-state index in [1.54, 1.807) is 22.7 Å². The van der Waals surface area contributed by atoms with Crippen molar-refractivity contribution in [2.24, 2.45) is 11.8 Å². The van der Waals surface area contributed by atoms with Crippen LogP contribution in [-0.4, -0.2) is 80.6 Å². The molecular formula is C34H48N2O5S. The van der Waals surface area contributed by atoms with Gasteiger partial charge in [0.2, 0.25) is 11.8 Å². The van der Waals surface area contributed by atoms with Crippen molar-refractivity contribution in [3.05, 3.63) is 61.2 Å². The van der Waals surface area contributed by atoms with Crippen LogP contribution in [0.15, 0.2) is 55.6 Å². The van der Waals surface area contributed by atoms with Gasteiger partial charge in [-0.15, -0.1) is 24.9 Å². The average molecular weight is 597 g/mol. The van der Waals surface area contributed by atoms with Crippen LogP contribution < -0.4 is 0 Å². The summed E-state index contributed by atoms with van der Waals surface area (Å²) in [7, 11) is 0. The van der Waals surface area contributed by atoms with Crippen molar-refractivity contribution in [2.75, 3.05) is 26.3 Å². The van der Waals surface area contributed by atoms with Gasteiger partial charge in [0.15, 0.2) is 0 Å². The molecule has 3 heterocycles. The van der Waals surface area contributed by atoms with Gasteiger partial charge in [-0.25, -0.2) is 0 Å². The molecule has 0 radical (unpaired) electrons. The van der Waals surface area contributed by atoms with E-state index in [0.717, 1.165) is 50.5 Å². The Bertz CT molecular complexity index is 1130. The van der Waals surface area contributed by atoms with E-state index in [2.05, 4.69) is 27.0 Å². The van der Waals surface area contributed by atoms with Crippen LogP contribution in [0.2, 0.25) is 0 Å². The Labute approximate surface area is 255 Å². The van der Waals surface area contributed by atoms with Crippen molar-refractivity contribution in [3.63, 3.8) is 0 Å². The zero-order valence-corrected chi connectivity index (χ0v) is 26.2. The maximum atomic E-state index is 14.6. The van der Waals surface area contributed by atoms with Gasteiger partial charge in [-0.3, -0.25) is 14.4 Å². The Hall–Kier alpha value is -2.58. The van der Waals surface area contributed by atoms with Crippen molar-refractivity contribution in [2.45, 2.75) is 93.2 Å². The van der Waals surface area contributed by atoms with Crippen LogP contribution in [0, 0.1) is 11.8 Å². The lowest BCUT2D eigenvalue weighted by atomic mass is 9.66. The number of likely N-dealkylation sites (tertiary alicyclic amines) is 1. The van der Waals surface area contributed by atoms with Gasteiger partial charge < -0.3 is 19.6 Å². The molecule has 2 amide bonds. The first-order valence-electron chi connectivity index (χ1n) is 15.6. The van der Waals surface area contributed by atoms with Crippen molar-refractivity contribution in [1.82, 2.24) is 9.80 Å². The number of fused-ring (bicyclic) bond motifs is 1. The number of benzene rings is 1. The van der Waals surface area contributed by atoms with Crippen molar-refractivity contribution >= 4 is 29.5 Å². The van der Waals surface area contributed by atoms with Gasteiger partial charge in [0.25, 0.3) is 0 Å². The molecule has 42 heavy (non-hydrogen) atoms. The van der Waals surface area contributed by atoms with E-state index >= 15 is 0 Å². The van der Waals surface area contributed by atoms with Crippen LogP contribution in [0.5, 0.6) is 0 Å². The second kappa shape index (κ2) is 14.3. The number of aliphatic hydroxyl groups excluding tert-OH is 1. The number of nitrogens with zero attached hydrogens (tertiary/aromatic N) is 2. The van der Waals surface area contributed by atoms with Crippen molar-refractivity contribution in [1.29, 1.82) is 0 Å². The zero-order chi connectivity index (χ0) is 30.3. The van der Waals surface area contributed by atoms with Gasteiger partial charge in [-0.05, 0) is 57.4 Å². The number of amides is 2. The summed E-state index contributed by atoms with van der Waals surface area (Å²) in [6, 6.07) is 8.40. The van der Waals surface area contributed by atoms with E-state index in [1.807, 2.05) is 41.3 Å². The quantitative estimate of drug-likeness (QED) is 0.152. The standard InChI is InChI=1S/C34H48N2O5S/c1-5-8-10-15-22-41-32(40)28-27-30(38)36(26(24-37)23-25-16-12-11-13-17-25)29(34(27)19-18-33(28,4)42-34)31(39)35(20-7-3)21-14-9-6-2/h5,7,11-13,16-17,26-29,37H,1,3,6,8-10,14-15,18-24H2,2,4H3/t26-,27+,28+,29?,33-,34?/m1/s1. The summed E-state index contributed by atoms with van der Waals surface area (Å²) >= 11 is 1.65. The minimum atomic E-state index is -0.769. The van der Waals surface area contributed by atoms with Crippen LogP contribution in [0.3, 0.4) is 0 Å². The molecular weight excluding hydrogens is 548 g/mol. The number of unbranched alkanes of at least 4 members (excludes halogenated alkanes) is 4. The topological polar surface area (TPSA) is 87.1 Å². The summed E-state index contributed by atoms with van der Waals surface area (Å²) in [5.74, 6) is -1.95. The lowest BCUT2D eigenvalue weighted by Crippen LogP contribution is -2.58. The molecule has 3 aliphatic heterocycles. The van der Waals surface area contributed by atoms with Crippen molar-refractivity contribution < 1.29 is 24.2 Å². The first-order valence-corrected chi connectivity index (χ1v) is 16.4. The number of hydrogen-bond donors (Lipinski definition) is 1. The molecule has 6 atom stereocenters. The maximum absolute atomic E-state index is 14.6. The minimum absolute atomic E-state index is 0.108. The second-order valence-corrected chi connectivity index (χ2v) is 14.1. The highest BCUT2D eigenvalue weighted by molar-refractivity contribution is 8.02. The molecule has 3 fully saturated rings. The lowest BCUT2D eigenvalue weighted by Gasteiger charge is -2.39. The van der Waals surface area contributed by atoms with Gasteiger partial charge in [0.05, 0.1) is 35.8 Å². The Morgan fingerprint density at radius 3 is 2.60 bits per heavy atom. The summed E-state index contributed by atoms with van der Waals surface area (Å²) in [6.45, 7) is 12.8. The van der Waals surface area contributed by atoms with Gasteiger partial charge in [-0.2, -0.15) is 0 Å². The van der Waals surface area contributed by atoms with Crippen LogP contribution in [0.4, 0.5) is 0 Å². The molecule has 4 rings (SSSR count). The summed E-state index contributed by atoms with van der Waals surface area (Å²) < 4.78 is 4.56. The van der Waals surface area contributed by atoms with Crippen molar-refractivity contribution in [3.8, 4) is 0 Å². The number of esters is 1. The van der Waals surface area contributed by atoms with E-state index < -0.39 is 33.4 Å². The van der Waals surface area contributed by atoms with E-state index in [-0.39, 0.29) is 24.4 Å². The molecule has 2 unspecified atom stereocenters. The van der Waals surface area contributed by atoms with Gasteiger partial charge in [0.1, 0.15) is 6.04 Å². The summed E-state index contributed by atoms with van der Waals surface area (Å²) in [6.07, 6.45) is 10.8. The van der Waals surface area contributed by atoms with Gasteiger partial charge in [0, 0.05) is 17.8 Å². The Morgan fingerprint density at radius 1 is 1.17 bits per heavy atom. The average Bonchev–Trinajstić information content (AvgIpc) is 3.56. The number of allylic oxidation sites excluding steroid dienone is 1. The molecule has 1 N–H and O–H groups in total. The predicted octanol–water partition coefficient (Wildman–Crippen LogP) is 5.18. The van der Waals surface area contributed by atoms with Crippen LogP contribution in [-0.2, 0) is 25.5 Å². The van der Waals surface area contributed by atoms with Crippen LogP contribution in [0.25, 0.3) is 0 Å². The molecule has 2 bridgehead atoms. The Morgan fingerprint density at radius 2 is 1.93 bits per heavy atom. The molecule has 0 saturated carbocycles. The highest BCUT2D eigenvalue weighted by Gasteiger charge is 2.78. The smallest absolute Gasteiger partial charge is 0.311 e. The van der Waals surface area contributed by atoms with Gasteiger partial charge in [-0.1, -0.05) is 62.2 Å². The van der Waals surface area contributed by atoms with E-state index in [0.29, 0.717) is 32.5 Å². The highest BCUT2D eigenvalue weighted by atomic mass is 32.2. The molecule has 1 aromatic rings. The normalized spacial score (nSPS) is 28.4. The van der Waals surface area contributed by atoms with E-state index in [1.165, 1.54) is 0 Å². The Kier molecular flexibility index (Phi) is 11.0. The third-order valence-corrected chi connectivity index (χ3v) is 11.3. The fraction of sp³-hybridized carbons (Fsp3) is 0.618. The SMILES string of the molecule is C=CCCCCOC(=O)[C@@H]1[C@H]2C(=O)N([C@@H](CO)Cc3ccccc3)C(C(=O)N(CC=C)CCCCC)C23CC[C@@]1(C)S3. The molecule has 1 spiro atoms. The predicted molar refractivity (Wildman–Crippen MR) is 168 cm³/mol. The zero-order valence-electron chi connectivity index (χ0n) is 25.3. The fourth-order valence-corrected chi connectivity index (χ4v) is 9.68. The molecule has 7 nitrogen and oxygen atoms in total. The Balaban J connectivity index is 1.71. The first kappa shape index (κ1) is 32.3. The number of rotatable bonds is 17. The van der Waals surface area contributed by atoms with Crippen LogP contribution in [0.1, 0.15) is 70.8 Å². The number of carbonyl (C=O) groups excluding carboxylic acids is 3. The third kappa shape index (κ3) is 6.21. The highest BCUT2D eigenvalue weighted by Crippen LogP contribution is 2.71. The summed E-state index contributed by atoms with van der Waals surface area (Å²) in [4.78, 5) is 46.4. The number of hydrogen-bond acceptors (Lipinski definition) is 6. The van der Waals surface area contributed by atoms with E-state index in [4.69, 9.17) is 4.74 Å². The summed E-state index contributed by atoms with van der Waals surface area (Å²) in [5, 5.41) is 10.7. The number of thioether (sulfide) groups is 1. The molecule has 3 aliphatic rings. The number of aliphatic hydroxyl groups is 1. The summed E-state index contributed by atoms with van der Waals surface area (Å²) in [5.41, 5.74) is 0.982. The fourth-order valence-electron chi connectivity index (χ4n) is 7.36. The van der Waals surface area contributed by atoms with Crippen LogP contribution >= 0.6 is 11.8 Å². The lowest BCUT2D eigenvalue weighted by molar-refractivity contribution is -0.156. The largest absolute Gasteiger partial charge is 0.465 e. The van der Waals surface area contributed by atoms with E-state index in [9.17, 15) is 19.5 Å². The molecule has 230 valence electrons. The second-order valence-electron chi connectivity index (χ2n) is 12.2. The number of ether oxygens (including phenoxy) is 1. The molecule has 1 aromatic carbocycles.